The van der Waals surface area contributed by atoms with Crippen molar-refractivity contribution in [3.05, 3.63) is 31.6 Å². The number of nitrogens with one attached hydrogen (secondary N) is 1. The number of benzene rings is 1. The van der Waals surface area contributed by atoms with E-state index in [9.17, 15) is 14.5 Å². The maximum atomic E-state index is 13.6. The molecule has 3 atom stereocenters. The summed E-state index contributed by atoms with van der Waals surface area (Å²) < 4.78 is 13.9. The minimum atomic E-state index is -0.447. The Labute approximate surface area is 124 Å². The van der Waals surface area contributed by atoms with Gasteiger partial charge in [0.05, 0.1) is 8.49 Å². The van der Waals surface area contributed by atoms with Gasteiger partial charge in [-0.15, -0.1) is 0 Å². The molecule has 0 spiro atoms. The summed E-state index contributed by atoms with van der Waals surface area (Å²) in [6, 6.07) is 2.81. The summed E-state index contributed by atoms with van der Waals surface area (Å²) in [6.45, 7) is 0. The molecule has 0 aliphatic heterocycles. The highest BCUT2D eigenvalue weighted by atomic mass is 127. The van der Waals surface area contributed by atoms with Gasteiger partial charge >= 0.3 is 0 Å². The van der Waals surface area contributed by atoms with Gasteiger partial charge in [0.15, 0.2) is 0 Å². The average Bonchev–Trinajstić information content (AvgIpc) is 2.95. The lowest BCUT2D eigenvalue weighted by molar-refractivity contribution is -0.384. The monoisotopic (exact) mass is 376 g/mol. The molecule has 2 bridgehead atoms. The molecule has 2 saturated carbocycles. The largest absolute Gasteiger partial charge is 0.376 e. The molecule has 1 N–H and O–H groups in total. The number of nitro groups is 1. The molecule has 6 heteroatoms. The van der Waals surface area contributed by atoms with Crippen LogP contribution in [0, 0.1) is 31.3 Å². The van der Waals surface area contributed by atoms with E-state index < -0.39 is 10.7 Å². The first-order valence-electron chi connectivity index (χ1n) is 6.44. The van der Waals surface area contributed by atoms with E-state index in [1.807, 2.05) is 0 Å². The topological polar surface area (TPSA) is 55.2 Å². The van der Waals surface area contributed by atoms with Crippen LogP contribution < -0.4 is 5.32 Å². The van der Waals surface area contributed by atoms with Crippen LogP contribution in [0.5, 0.6) is 0 Å². The summed E-state index contributed by atoms with van der Waals surface area (Å²) in [5, 5.41) is 14.3. The van der Waals surface area contributed by atoms with Crippen molar-refractivity contribution < 1.29 is 9.31 Å². The van der Waals surface area contributed by atoms with Crippen molar-refractivity contribution in [3.63, 3.8) is 0 Å². The molecule has 1 aromatic carbocycles. The highest BCUT2D eigenvalue weighted by Crippen LogP contribution is 2.46. The number of anilines is 1. The Hall–Kier alpha value is -0.920. The standard InChI is InChI=1S/C13H14FIN2O2/c14-9-5-12(13(17(18)19)6-10(9)15)16-11-4-7-1-2-8(11)3-7/h5-8,11,16H,1-4H2. The molecule has 2 fully saturated rings. The van der Waals surface area contributed by atoms with E-state index in [1.165, 1.54) is 31.4 Å². The van der Waals surface area contributed by atoms with E-state index in [0.29, 0.717) is 11.6 Å². The lowest BCUT2D eigenvalue weighted by atomic mass is 9.95. The SMILES string of the molecule is O=[N+]([O-])c1cc(I)c(F)cc1NC1CC2CCC1C2. The van der Waals surface area contributed by atoms with Crippen LogP contribution in [-0.2, 0) is 0 Å². The van der Waals surface area contributed by atoms with Crippen LogP contribution in [0.4, 0.5) is 15.8 Å². The van der Waals surface area contributed by atoms with Gasteiger partial charge in [-0.05, 0) is 53.7 Å². The Bertz CT molecular complexity index is 538. The van der Waals surface area contributed by atoms with Crippen LogP contribution in [-0.4, -0.2) is 11.0 Å². The predicted molar refractivity (Wildman–Crippen MR) is 78.6 cm³/mol. The van der Waals surface area contributed by atoms with Crippen molar-refractivity contribution >= 4 is 34.0 Å². The maximum Gasteiger partial charge on any atom is 0.293 e. The molecule has 102 valence electrons. The molecule has 19 heavy (non-hydrogen) atoms. The van der Waals surface area contributed by atoms with Gasteiger partial charge in [-0.2, -0.15) is 0 Å². The van der Waals surface area contributed by atoms with E-state index in [1.54, 1.807) is 22.6 Å². The van der Waals surface area contributed by atoms with E-state index in [4.69, 9.17) is 0 Å². The zero-order valence-corrected chi connectivity index (χ0v) is 12.4. The van der Waals surface area contributed by atoms with Gasteiger partial charge in [-0.1, -0.05) is 6.42 Å². The average molecular weight is 376 g/mol. The normalized spacial score (nSPS) is 28.6. The fourth-order valence-corrected chi connectivity index (χ4v) is 3.87. The van der Waals surface area contributed by atoms with Crippen molar-refractivity contribution in [2.45, 2.75) is 31.7 Å². The smallest absolute Gasteiger partial charge is 0.293 e. The summed E-state index contributed by atoms with van der Waals surface area (Å²) in [5.74, 6) is 0.930. The Morgan fingerprint density at radius 3 is 2.74 bits per heavy atom. The van der Waals surface area contributed by atoms with Gasteiger partial charge in [0.1, 0.15) is 11.5 Å². The number of nitrogens with zero attached hydrogens (tertiary/aromatic N) is 1. The first-order valence-corrected chi connectivity index (χ1v) is 7.52. The van der Waals surface area contributed by atoms with E-state index in [0.717, 1.165) is 12.3 Å². The summed E-state index contributed by atoms with van der Waals surface area (Å²) in [5.41, 5.74) is 0.286. The first kappa shape index (κ1) is 13.1. The highest BCUT2D eigenvalue weighted by Gasteiger charge is 2.40. The number of hydrogen-bond donors (Lipinski definition) is 1. The molecular formula is C13H14FIN2O2. The maximum absolute atomic E-state index is 13.6. The van der Waals surface area contributed by atoms with E-state index in [-0.39, 0.29) is 15.3 Å². The lowest BCUT2D eigenvalue weighted by Crippen LogP contribution is -2.26. The second-order valence-electron chi connectivity index (χ2n) is 5.47. The second-order valence-corrected chi connectivity index (χ2v) is 6.63. The highest BCUT2D eigenvalue weighted by molar-refractivity contribution is 14.1. The van der Waals surface area contributed by atoms with Gasteiger partial charge in [-0.3, -0.25) is 10.1 Å². The van der Waals surface area contributed by atoms with Crippen LogP contribution in [0.3, 0.4) is 0 Å². The summed E-state index contributed by atoms with van der Waals surface area (Å²) >= 11 is 1.78. The lowest BCUT2D eigenvalue weighted by Gasteiger charge is -2.23. The van der Waals surface area contributed by atoms with Crippen molar-refractivity contribution in [2.24, 2.45) is 11.8 Å². The van der Waals surface area contributed by atoms with Gasteiger partial charge < -0.3 is 5.32 Å². The van der Waals surface area contributed by atoms with Crippen molar-refractivity contribution in [3.8, 4) is 0 Å². The first-order chi connectivity index (χ1) is 9.04. The van der Waals surface area contributed by atoms with Gasteiger partial charge in [0, 0.05) is 18.2 Å². The van der Waals surface area contributed by atoms with Crippen molar-refractivity contribution in [1.29, 1.82) is 0 Å². The zero-order chi connectivity index (χ0) is 13.6. The Morgan fingerprint density at radius 2 is 2.16 bits per heavy atom. The minimum Gasteiger partial charge on any atom is -0.376 e. The Kier molecular flexibility index (Phi) is 3.36. The third-order valence-electron chi connectivity index (χ3n) is 4.31. The molecule has 4 nitrogen and oxygen atoms in total. The molecule has 0 aromatic heterocycles. The number of fused-ring (bicyclic) bond motifs is 2. The van der Waals surface area contributed by atoms with E-state index in [2.05, 4.69) is 5.32 Å². The molecule has 0 heterocycles. The minimum absolute atomic E-state index is 0.0337. The molecule has 2 aliphatic carbocycles. The quantitative estimate of drug-likeness (QED) is 0.494. The van der Waals surface area contributed by atoms with Crippen molar-refractivity contribution in [2.75, 3.05) is 5.32 Å². The van der Waals surface area contributed by atoms with Crippen LogP contribution >= 0.6 is 22.6 Å². The summed E-state index contributed by atoms with van der Waals surface area (Å²) in [6.07, 6.45) is 4.71. The van der Waals surface area contributed by atoms with Gasteiger partial charge in [0.2, 0.25) is 0 Å². The number of nitro benzene ring substituents is 1. The predicted octanol–water partition coefficient (Wildman–Crippen LogP) is 3.94. The number of hydrogen-bond acceptors (Lipinski definition) is 3. The molecule has 3 unspecified atom stereocenters. The van der Waals surface area contributed by atoms with Crippen molar-refractivity contribution in [1.82, 2.24) is 0 Å². The third-order valence-corrected chi connectivity index (χ3v) is 5.14. The molecular weight excluding hydrogens is 362 g/mol. The summed E-state index contributed by atoms with van der Waals surface area (Å²) in [7, 11) is 0. The third kappa shape index (κ3) is 2.42. The number of rotatable bonds is 3. The Balaban J connectivity index is 1.87. The molecule has 2 aliphatic rings. The fourth-order valence-electron chi connectivity index (χ4n) is 3.42. The molecule has 0 amide bonds. The van der Waals surface area contributed by atoms with Crippen LogP contribution in [0.2, 0.25) is 0 Å². The summed E-state index contributed by atoms with van der Waals surface area (Å²) in [4.78, 5) is 10.6. The number of halogens is 2. The van der Waals surface area contributed by atoms with Gasteiger partial charge in [-0.25, -0.2) is 4.39 Å². The van der Waals surface area contributed by atoms with Crippen LogP contribution in [0.15, 0.2) is 12.1 Å². The van der Waals surface area contributed by atoms with Crippen LogP contribution in [0.25, 0.3) is 0 Å². The van der Waals surface area contributed by atoms with E-state index >= 15 is 0 Å². The zero-order valence-electron chi connectivity index (χ0n) is 10.2. The molecule has 3 rings (SSSR count). The Morgan fingerprint density at radius 1 is 1.37 bits per heavy atom. The molecule has 0 radical (unpaired) electrons. The van der Waals surface area contributed by atoms with Crippen LogP contribution in [0.1, 0.15) is 25.7 Å². The van der Waals surface area contributed by atoms with Gasteiger partial charge in [0.25, 0.3) is 5.69 Å². The molecule has 1 aromatic rings. The molecule has 0 saturated heterocycles. The fraction of sp³-hybridized carbons (Fsp3) is 0.538. The second kappa shape index (κ2) is 4.88.